The molecule has 0 unspecified atom stereocenters. The number of rotatable bonds is 3. The average Bonchev–Trinajstić information content (AvgIpc) is 3.12. The maximum Gasteiger partial charge on any atom is 0.204 e. The molecule has 0 saturated carbocycles. The molecule has 0 fully saturated rings. The molecule has 1 N–H and O–H groups in total. The second kappa shape index (κ2) is 6.83. The summed E-state index contributed by atoms with van der Waals surface area (Å²) in [6, 6.07) is 28.8. The van der Waals surface area contributed by atoms with Crippen LogP contribution in [0.4, 0.5) is 5.95 Å². The lowest BCUT2D eigenvalue weighted by molar-refractivity contribution is 0.477. The van der Waals surface area contributed by atoms with Crippen molar-refractivity contribution in [3.63, 3.8) is 0 Å². The fourth-order valence-corrected chi connectivity index (χ4v) is 4.30. The zero-order valence-electron chi connectivity index (χ0n) is 16.3. The Morgan fingerprint density at radius 2 is 1.57 bits per heavy atom. The van der Waals surface area contributed by atoms with E-state index in [4.69, 9.17) is 4.98 Å². The third-order valence-corrected chi connectivity index (χ3v) is 5.86. The minimum Gasteiger partial charge on any atom is -0.349 e. The van der Waals surface area contributed by atoms with E-state index >= 15 is 0 Å². The van der Waals surface area contributed by atoms with E-state index < -0.39 is 0 Å². The summed E-state index contributed by atoms with van der Waals surface area (Å²) < 4.78 is 2.37. The van der Waals surface area contributed by atoms with Gasteiger partial charge in [0.2, 0.25) is 5.95 Å². The Labute approximate surface area is 166 Å². The monoisotopic (exact) mass is 367 g/mol. The molecular formula is C25H25N3. The highest BCUT2D eigenvalue weighted by Crippen LogP contribution is 2.41. The number of imidazole rings is 1. The lowest BCUT2D eigenvalue weighted by Crippen LogP contribution is -2.27. The number of nitrogens with zero attached hydrogens (tertiary/aromatic N) is 2. The Morgan fingerprint density at radius 3 is 2.32 bits per heavy atom. The van der Waals surface area contributed by atoms with E-state index in [1.54, 1.807) is 0 Å². The maximum absolute atomic E-state index is 4.90. The van der Waals surface area contributed by atoms with Gasteiger partial charge in [0.15, 0.2) is 0 Å². The molecule has 0 bridgehead atoms. The topological polar surface area (TPSA) is 29.9 Å². The molecule has 2 heterocycles. The van der Waals surface area contributed by atoms with Gasteiger partial charge in [-0.15, -0.1) is 0 Å². The Morgan fingerprint density at radius 1 is 0.857 bits per heavy atom. The van der Waals surface area contributed by atoms with Crippen molar-refractivity contribution >= 4 is 17.0 Å². The van der Waals surface area contributed by atoms with Crippen LogP contribution in [0.1, 0.15) is 55.0 Å². The predicted octanol–water partition coefficient (Wildman–Crippen LogP) is 6.31. The quantitative estimate of drug-likeness (QED) is 0.460. The van der Waals surface area contributed by atoms with Crippen LogP contribution in [-0.4, -0.2) is 9.55 Å². The number of anilines is 1. The highest BCUT2D eigenvalue weighted by molar-refractivity contribution is 5.79. The van der Waals surface area contributed by atoms with E-state index in [0.29, 0.717) is 5.92 Å². The SMILES string of the molecule is CC(C)c1ccc([C@@H]2C[C@H](c3ccccc3)Nc3nc4ccccc4n32)cc1. The average molecular weight is 367 g/mol. The van der Waals surface area contributed by atoms with Gasteiger partial charge >= 0.3 is 0 Å². The van der Waals surface area contributed by atoms with Gasteiger partial charge in [-0.1, -0.05) is 80.6 Å². The van der Waals surface area contributed by atoms with Crippen LogP contribution in [0, 0.1) is 0 Å². The Hall–Kier alpha value is -3.07. The molecule has 3 nitrogen and oxygen atoms in total. The first-order valence-corrected chi connectivity index (χ1v) is 10.1. The number of fused-ring (bicyclic) bond motifs is 3. The van der Waals surface area contributed by atoms with Gasteiger partial charge in [-0.25, -0.2) is 4.98 Å². The van der Waals surface area contributed by atoms with E-state index in [1.165, 1.54) is 22.2 Å². The second-order valence-corrected chi connectivity index (χ2v) is 7.97. The fraction of sp³-hybridized carbons (Fsp3) is 0.240. The second-order valence-electron chi connectivity index (χ2n) is 7.97. The van der Waals surface area contributed by atoms with Crippen LogP contribution in [0.2, 0.25) is 0 Å². The standard InChI is InChI=1S/C25H25N3/c1-17(2)18-12-14-20(15-13-18)24-16-22(19-8-4-3-5-9-19)27-25-26-21-10-6-7-11-23(21)28(24)25/h3-15,17,22,24H,16H2,1-2H3,(H,26,27)/t22-,24+/m1/s1. The normalized spacial score (nSPS) is 18.8. The highest BCUT2D eigenvalue weighted by atomic mass is 15.3. The van der Waals surface area contributed by atoms with E-state index in [9.17, 15) is 0 Å². The summed E-state index contributed by atoms with van der Waals surface area (Å²) in [5, 5.41) is 3.68. The van der Waals surface area contributed by atoms with Crippen LogP contribution < -0.4 is 5.32 Å². The largest absolute Gasteiger partial charge is 0.349 e. The van der Waals surface area contributed by atoms with Gasteiger partial charge in [0.25, 0.3) is 0 Å². The number of nitrogens with one attached hydrogen (secondary N) is 1. The van der Waals surface area contributed by atoms with Crippen molar-refractivity contribution in [1.82, 2.24) is 9.55 Å². The molecule has 0 saturated heterocycles. The van der Waals surface area contributed by atoms with Crippen molar-refractivity contribution < 1.29 is 0 Å². The van der Waals surface area contributed by atoms with Crippen LogP contribution in [0.15, 0.2) is 78.9 Å². The van der Waals surface area contributed by atoms with Crippen molar-refractivity contribution in [3.8, 4) is 0 Å². The molecule has 1 aromatic heterocycles. The Kier molecular flexibility index (Phi) is 4.16. The van der Waals surface area contributed by atoms with E-state index in [2.05, 4.69) is 103 Å². The minimum absolute atomic E-state index is 0.250. The Balaban J connectivity index is 1.63. The van der Waals surface area contributed by atoms with Crippen molar-refractivity contribution in [2.24, 2.45) is 0 Å². The highest BCUT2D eigenvalue weighted by Gasteiger charge is 2.30. The van der Waals surface area contributed by atoms with Gasteiger partial charge in [-0.3, -0.25) is 0 Å². The molecule has 4 aromatic rings. The molecule has 5 rings (SSSR count). The van der Waals surface area contributed by atoms with E-state index in [0.717, 1.165) is 17.9 Å². The van der Waals surface area contributed by atoms with Gasteiger partial charge in [-0.2, -0.15) is 0 Å². The summed E-state index contributed by atoms with van der Waals surface area (Å²) in [6.07, 6.45) is 0.998. The molecule has 2 atom stereocenters. The first kappa shape index (κ1) is 17.1. The first-order chi connectivity index (χ1) is 13.7. The summed E-state index contributed by atoms with van der Waals surface area (Å²) in [6.45, 7) is 4.49. The first-order valence-electron chi connectivity index (χ1n) is 10.1. The molecule has 28 heavy (non-hydrogen) atoms. The third-order valence-electron chi connectivity index (χ3n) is 5.86. The van der Waals surface area contributed by atoms with Gasteiger partial charge in [0.1, 0.15) is 0 Å². The summed E-state index contributed by atoms with van der Waals surface area (Å²) in [4.78, 5) is 4.90. The molecule has 3 aromatic carbocycles. The van der Waals surface area contributed by atoms with Crippen molar-refractivity contribution in [2.75, 3.05) is 5.32 Å². The summed E-state index contributed by atoms with van der Waals surface area (Å²) >= 11 is 0. The molecule has 0 spiro atoms. The van der Waals surface area contributed by atoms with E-state index in [-0.39, 0.29) is 12.1 Å². The van der Waals surface area contributed by atoms with Crippen LogP contribution >= 0.6 is 0 Å². The molecule has 0 aliphatic carbocycles. The number of aromatic nitrogens is 2. The lowest BCUT2D eigenvalue weighted by Gasteiger charge is -2.33. The lowest BCUT2D eigenvalue weighted by atomic mass is 9.91. The van der Waals surface area contributed by atoms with Gasteiger partial charge in [-0.05, 0) is 41.2 Å². The molecule has 1 aliphatic rings. The number of para-hydroxylation sites is 2. The van der Waals surface area contributed by atoms with Crippen molar-refractivity contribution in [1.29, 1.82) is 0 Å². The third kappa shape index (κ3) is 2.88. The Bertz CT molecular complexity index is 1090. The van der Waals surface area contributed by atoms with Crippen LogP contribution in [0.25, 0.3) is 11.0 Å². The summed E-state index contributed by atoms with van der Waals surface area (Å²) in [5.74, 6) is 1.50. The van der Waals surface area contributed by atoms with Gasteiger partial charge < -0.3 is 9.88 Å². The number of hydrogen-bond donors (Lipinski definition) is 1. The molecular weight excluding hydrogens is 342 g/mol. The molecule has 0 amide bonds. The van der Waals surface area contributed by atoms with Gasteiger partial charge in [0.05, 0.1) is 23.1 Å². The molecule has 0 radical (unpaired) electrons. The van der Waals surface area contributed by atoms with Crippen LogP contribution in [0.5, 0.6) is 0 Å². The summed E-state index contributed by atoms with van der Waals surface area (Å²) in [5.41, 5.74) is 6.27. The fourth-order valence-electron chi connectivity index (χ4n) is 4.30. The van der Waals surface area contributed by atoms with Crippen LogP contribution in [0.3, 0.4) is 0 Å². The minimum atomic E-state index is 0.250. The number of benzene rings is 3. The molecule has 140 valence electrons. The predicted molar refractivity (Wildman–Crippen MR) is 116 cm³/mol. The molecule has 1 aliphatic heterocycles. The van der Waals surface area contributed by atoms with Gasteiger partial charge in [0, 0.05) is 0 Å². The zero-order chi connectivity index (χ0) is 19.1. The maximum atomic E-state index is 4.90. The van der Waals surface area contributed by atoms with E-state index in [1.807, 2.05) is 0 Å². The smallest absolute Gasteiger partial charge is 0.204 e. The summed E-state index contributed by atoms with van der Waals surface area (Å²) in [7, 11) is 0. The van der Waals surface area contributed by atoms with Crippen LogP contribution in [-0.2, 0) is 0 Å². The molecule has 3 heteroatoms. The zero-order valence-corrected chi connectivity index (χ0v) is 16.3. The van der Waals surface area contributed by atoms with Crippen molar-refractivity contribution in [3.05, 3.63) is 95.6 Å². The van der Waals surface area contributed by atoms with Crippen molar-refractivity contribution in [2.45, 2.75) is 38.3 Å². The number of hydrogen-bond acceptors (Lipinski definition) is 2.